The number of anilines is 1. The molecule has 4 nitrogen and oxygen atoms in total. The highest BCUT2D eigenvalue weighted by molar-refractivity contribution is 6.30. The highest BCUT2D eigenvalue weighted by Gasteiger charge is 2.26. The highest BCUT2D eigenvalue weighted by atomic mass is 35.5. The zero-order valence-corrected chi connectivity index (χ0v) is 12.7. The van der Waals surface area contributed by atoms with Gasteiger partial charge in [0.25, 0.3) is 0 Å². The zero-order valence-electron chi connectivity index (χ0n) is 11.9. The van der Waals surface area contributed by atoms with Gasteiger partial charge in [0.05, 0.1) is 23.9 Å². The number of amides is 1. The second-order valence-corrected chi connectivity index (χ2v) is 5.55. The van der Waals surface area contributed by atoms with Crippen LogP contribution in [-0.4, -0.2) is 16.0 Å². The fourth-order valence-electron chi connectivity index (χ4n) is 2.04. The van der Waals surface area contributed by atoms with Gasteiger partial charge in [0, 0.05) is 0 Å². The Morgan fingerprint density at radius 2 is 2.05 bits per heavy atom. The average molecular weight is 305 g/mol. The molecule has 0 saturated heterocycles. The Morgan fingerprint density at radius 1 is 1.38 bits per heavy atom. The molecule has 1 heterocycles. The van der Waals surface area contributed by atoms with Crippen molar-refractivity contribution in [2.24, 2.45) is 0 Å². The van der Waals surface area contributed by atoms with E-state index in [1.54, 1.807) is 25.1 Å². The minimum Gasteiger partial charge on any atom is -0.385 e. The molecule has 110 valence electrons. The third-order valence-electron chi connectivity index (χ3n) is 3.20. The summed E-state index contributed by atoms with van der Waals surface area (Å²) in [4.78, 5) is 16.0. The van der Waals surface area contributed by atoms with Gasteiger partial charge in [-0.15, -0.1) is 0 Å². The summed E-state index contributed by atoms with van der Waals surface area (Å²) in [5.41, 5.74) is 0.820. The maximum Gasteiger partial charge on any atom is 0.227 e. The molecule has 21 heavy (non-hydrogen) atoms. The highest BCUT2D eigenvalue weighted by Crippen LogP contribution is 2.25. The second kappa shape index (κ2) is 6.24. The molecule has 0 aliphatic rings. The van der Waals surface area contributed by atoms with Gasteiger partial charge in [-0.1, -0.05) is 41.9 Å². The standard InChI is InChI=1S/C16H17ClN2O2/c1-11-8-13(10-18-15(11)17)19-14(20)9-16(2,21)12-6-4-3-5-7-12/h3-8,10,21H,9H2,1-2H3,(H,19,20). The molecule has 0 radical (unpaired) electrons. The topological polar surface area (TPSA) is 62.2 Å². The molecule has 1 unspecified atom stereocenters. The largest absolute Gasteiger partial charge is 0.385 e. The van der Waals surface area contributed by atoms with Crippen LogP contribution >= 0.6 is 11.6 Å². The van der Waals surface area contributed by atoms with Crippen LogP contribution in [0, 0.1) is 6.92 Å². The molecule has 1 aromatic carbocycles. The second-order valence-electron chi connectivity index (χ2n) is 5.20. The Morgan fingerprint density at radius 3 is 2.67 bits per heavy atom. The molecule has 1 atom stereocenters. The van der Waals surface area contributed by atoms with Crippen LogP contribution in [0.5, 0.6) is 0 Å². The summed E-state index contributed by atoms with van der Waals surface area (Å²) in [5.74, 6) is -0.285. The lowest BCUT2D eigenvalue weighted by Crippen LogP contribution is -2.28. The van der Waals surface area contributed by atoms with E-state index in [0.29, 0.717) is 16.4 Å². The van der Waals surface area contributed by atoms with E-state index in [1.807, 2.05) is 25.1 Å². The fraction of sp³-hybridized carbons (Fsp3) is 0.250. The molecule has 0 bridgehead atoms. The van der Waals surface area contributed by atoms with Crippen molar-refractivity contribution in [1.29, 1.82) is 0 Å². The summed E-state index contributed by atoms with van der Waals surface area (Å²) in [6, 6.07) is 10.8. The molecule has 0 aliphatic heterocycles. The van der Waals surface area contributed by atoms with Gasteiger partial charge in [0.15, 0.2) is 0 Å². The van der Waals surface area contributed by atoms with Crippen molar-refractivity contribution in [3.63, 3.8) is 0 Å². The minimum absolute atomic E-state index is 0.0430. The number of aryl methyl sites for hydroxylation is 1. The number of hydrogen-bond donors (Lipinski definition) is 2. The van der Waals surface area contributed by atoms with E-state index in [4.69, 9.17) is 11.6 Å². The fourth-order valence-corrected chi connectivity index (χ4v) is 2.15. The van der Waals surface area contributed by atoms with E-state index in [2.05, 4.69) is 10.3 Å². The van der Waals surface area contributed by atoms with Gasteiger partial charge in [-0.2, -0.15) is 0 Å². The SMILES string of the molecule is Cc1cc(NC(=O)CC(C)(O)c2ccccc2)cnc1Cl. The van der Waals surface area contributed by atoms with Crippen LogP contribution < -0.4 is 5.32 Å². The van der Waals surface area contributed by atoms with E-state index < -0.39 is 5.60 Å². The quantitative estimate of drug-likeness (QED) is 0.852. The van der Waals surface area contributed by atoms with Crippen molar-refractivity contribution >= 4 is 23.2 Å². The first-order valence-corrected chi connectivity index (χ1v) is 6.96. The van der Waals surface area contributed by atoms with Crippen LogP contribution in [0.25, 0.3) is 0 Å². The van der Waals surface area contributed by atoms with Gasteiger partial charge in [0.1, 0.15) is 5.15 Å². The third-order valence-corrected chi connectivity index (χ3v) is 3.59. The first-order valence-electron chi connectivity index (χ1n) is 6.58. The molecule has 0 fully saturated rings. The average Bonchev–Trinajstić information content (AvgIpc) is 2.43. The first-order chi connectivity index (χ1) is 9.88. The van der Waals surface area contributed by atoms with Crippen molar-refractivity contribution in [3.8, 4) is 0 Å². The Kier molecular flexibility index (Phi) is 4.60. The lowest BCUT2D eigenvalue weighted by molar-refractivity contribution is -0.120. The summed E-state index contributed by atoms with van der Waals surface area (Å²) >= 11 is 5.84. The summed E-state index contributed by atoms with van der Waals surface area (Å²) < 4.78 is 0. The van der Waals surface area contributed by atoms with E-state index in [-0.39, 0.29) is 12.3 Å². The van der Waals surface area contributed by atoms with Gasteiger partial charge in [-0.3, -0.25) is 4.79 Å². The minimum atomic E-state index is -1.22. The Bertz CT molecular complexity index is 642. The van der Waals surface area contributed by atoms with Crippen molar-refractivity contribution in [2.75, 3.05) is 5.32 Å². The predicted octanol–water partition coefficient (Wildman–Crippen LogP) is 3.28. The van der Waals surface area contributed by atoms with Crippen molar-refractivity contribution in [1.82, 2.24) is 4.98 Å². The van der Waals surface area contributed by atoms with Gasteiger partial charge in [0.2, 0.25) is 5.91 Å². The molecule has 1 amide bonds. The Hall–Kier alpha value is -1.91. The van der Waals surface area contributed by atoms with Gasteiger partial charge in [-0.05, 0) is 31.0 Å². The number of pyridine rings is 1. The zero-order chi connectivity index (χ0) is 15.5. The predicted molar refractivity (Wildman–Crippen MR) is 83.2 cm³/mol. The lowest BCUT2D eigenvalue weighted by Gasteiger charge is -2.23. The molecule has 1 aromatic heterocycles. The molecule has 0 spiro atoms. The van der Waals surface area contributed by atoms with Crippen LogP contribution in [0.1, 0.15) is 24.5 Å². The number of carbonyl (C=O) groups excluding carboxylic acids is 1. The number of aromatic nitrogens is 1. The van der Waals surface area contributed by atoms with Crippen molar-refractivity contribution in [2.45, 2.75) is 25.9 Å². The van der Waals surface area contributed by atoms with Gasteiger partial charge < -0.3 is 10.4 Å². The van der Waals surface area contributed by atoms with Gasteiger partial charge in [-0.25, -0.2) is 4.98 Å². The number of carbonyl (C=O) groups is 1. The molecular weight excluding hydrogens is 288 g/mol. The summed E-state index contributed by atoms with van der Waals surface area (Å²) in [7, 11) is 0. The van der Waals surface area contributed by atoms with E-state index in [1.165, 1.54) is 6.20 Å². The van der Waals surface area contributed by atoms with Crippen molar-refractivity contribution in [3.05, 3.63) is 58.9 Å². The van der Waals surface area contributed by atoms with Crippen LogP contribution in [0.4, 0.5) is 5.69 Å². The molecular formula is C16H17ClN2O2. The summed E-state index contributed by atoms with van der Waals surface area (Å²) in [6.07, 6.45) is 1.45. The number of aliphatic hydroxyl groups is 1. The molecule has 0 aliphatic carbocycles. The molecule has 2 N–H and O–H groups in total. The number of nitrogens with zero attached hydrogens (tertiary/aromatic N) is 1. The van der Waals surface area contributed by atoms with Crippen LogP contribution in [0.2, 0.25) is 5.15 Å². The summed E-state index contributed by atoms with van der Waals surface area (Å²) in [5, 5.41) is 13.6. The monoisotopic (exact) mass is 304 g/mol. The van der Waals surface area contributed by atoms with Gasteiger partial charge >= 0.3 is 0 Å². The molecule has 0 saturated carbocycles. The van der Waals surface area contributed by atoms with E-state index in [0.717, 1.165) is 5.56 Å². The Labute approximate surface area is 128 Å². The maximum absolute atomic E-state index is 12.1. The summed E-state index contributed by atoms with van der Waals surface area (Å²) in [6.45, 7) is 3.43. The maximum atomic E-state index is 12.1. The first kappa shape index (κ1) is 15.5. The number of hydrogen-bond acceptors (Lipinski definition) is 3. The van der Waals surface area contributed by atoms with Crippen LogP contribution in [0.3, 0.4) is 0 Å². The van der Waals surface area contributed by atoms with Crippen LogP contribution in [0.15, 0.2) is 42.6 Å². The normalized spacial score (nSPS) is 13.5. The molecule has 2 rings (SSSR count). The smallest absolute Gasteiger partial charge is 0.227 e. The Balaban J connectivity index is 2.06. The molecule has 5 heteroatoms. The number of halogens is 1. The third kappa shape index (κ3) is 4.03. The van der Waals surface area contributed by atoms with Crippen molar-refractivity contribution < 1.29 is 9.90 Å². The van der Waals surface area contributed by atoms with E-state index in [9.17, 15) is 9.90 Å². The number of rotatable bonds is 4. The van der Waals surface area contributed by atoms with Crippen LogP contribution in [-0.2, 0) is 10.4 Å². The number of benzene rings is 1. The lowest BCUT2D eigenvalue weighted by atomic mass is 9.92. The number of nitrogens with one attached hydrogen (secondary N) is 1. The molecule has 2 aromatic rings. The van der Waals surface area contributed by atoms with E-state index >= 15 is 0 Å².